The van der Waals surface area contributed by atoms with Crippen molar-refractivity contribution in [3.8, 4) is 0 Å². The highest BCUT2D eigenvalue weighted by atomic mass is 16.5. The van der Waals surface area contributed by atoms with Gasteiger partial charge in [-0.1, -0.05) is 30.3 Å². The maximum atomic E-state index is 11.8. The molecule has 164 valence electrons. The second-order valence-electron chi connectivity index (χ2n) is 6.13. The van der Waals surface area contributed by atoms with E-state index in [4.69, 9.17) is 21.0 Å². The predicted molar refractivity (Wildman–Crippen MR) is 106 cm³/mol. The highest BCUT2D eigenvalue weighted by molar-refractivity contribution is 5.89. The van der Waals surface area contributed by atoms with Crippen molar-refractivity contribution in [3.05, 3.63) is 35.9 Å². The molecule has 12 heteroatoms. The average molecular weight is 422 g/mol. The number of amides is 3. The van der Waals surface area contributed by atoms with E-state index in [9.17, 15) is 19.2 Å². The van der Waals surface area contributed by atoms with Gasteiger partial charge in [-0.25, -0.2) is 9.59 Å². The van der Waals surface area contributed by atoms with Gasteiger partial charge in [0.15, 0.2) is 5.96 Å². The first-order chi connectivity index (χ1) is 14.3. The van der Waals surface area contributed by atoms with Crippen molar-refractivity contribution in [1.82, 2.24) is 21.3 Å². The molecule has 0 heterocycles. The summed E-state index contributed by atoms with van der Waals surface area (Å²) >= 11 is 0. The summed E-state index contributed by atoms with van der Waals surface area (Å²) in [4.78, 5) is 46.3. The SMILES string of the molecule is N=C(N)NCCCC(NC(=O)CNC(=O)CNC(=O)OCc1ccccc1)C(=O)O. The number of ether oxygens (including phenoxy) is 1. The Bertz CT molecular complexity index is 742. The lowest BCUT2D eigenvalue weighted by atomic mass is 10.1. The van der Waals surface area contributed by atoms with Crippen molar-refractivity contribution in [1.29, 1.82) is 5.41 Å². The Morgan fingerprint density at radius 2 is 1.70 bits per heavy atom. The van der Waals surface area contributed by atoms with Crippen LogP contribution in [0.15, 0.2) is 30.3 Å². The van der Waals surface area contributed by atoms with Crippen LogP contribution in [0, 0.1) is 5.41 Å². The first-order valence-electron chi connectivity index (χ1n) is 9.09. The van der Waals surface area contributed by atoms with Gasteiger partial charge in [-0.2, -0.15) is 0 Å². The van der Waals surface area contributed by atoms with Gasteiger partial charge in [-0.15, -0.1) is 0 Å². The van der Waals surface area contributed by atoms with Crippen LogP contribution in [0.5, 0.6) is 0 Å². The van der Waals surface area contributed by atoms with Gasteiger partial charge < -0.3 is 36.8 Å². The van der Waals surface area contributed by atoms with E-state index >= 15 is 0 Å². The topological polar surface area (TPSA) is 196 Å². The molecule has 0 spiro atoms. The van der Waals surface area contributed by atoms with Crippen LogP contribution in [0.1, 0.15) is 18.4 Å². The van der Waals surface area contributed by atoms with E-state index < -0.39 is 43.0 Å². The summed E-state index contributed by atoms with van der Waals surface area (Å²) in [5.74, 6) is -2.78. The van der Waals surface area contributed by atoms with E-state index in [0.717, 1.165) is 5.56 Å². The number of carboxylic acid groups (broad SMARTS) is 1. The zero-order valence-corrected chi connectivity index (χ0v) is 16.3. The molecule has 0 aromatic heterocycles. The molecule has 0 fully saturated rings. The standard InChI is InChI=1S/C18H26N6O6/c19-17(20)21-8-4-7-13(16(27)28)24-15(26)10-22-14(25)9-23-18(29)30-11-12-5-2-1-3-6-12/h1-3,5-6,13H,4,7-11H2,(H,22,25)(H,23,29)(H,24,26)(H,27,28)(H4,19,20,21). The first kappa shape index (κ1) is 24.2. The van der Waals surface area contributed by atoms with Gasteiger partial charge in [0.05, 0.1) is 6.54 Å². The smallest absolute Gasteiger partial charge is 0.407 e. The van der Waals surface area contributed by atoms with Crippen LogP contribution in [0.25, 0.3) is 0 Å². The van der Waals surface area contributed by atoms with Gasteiger partial charge in [0.1, 0.15) is 19.2 Å². The van der Waals surface area contributed by atoms with Gasteiger partial charge in [-0.05, 0) is 18.4 Å². The van der Waals surface area contributed by atoms with Crippen LogP contribution in [0.4, 0.5) is 4.79 Å². The molecule has 12 nitrogen and oxygen atoms in total. The number of nitrogens with two attached hydrogens (primary N) is 1. The summed E-state index contributed by atoms with van der Waals surface area (Å²) in [6.07, 6.45) is -0.314. The molecule has 8 N–H and O–H groups in total. The van der Waals surface area contributed by atoms with Crippen LogP contribution in [0.2, 0.25) is 0 Å². The number of alkyl carbamates (subject to hydrolysis) is 1. The van der Waals surface area contributed by atoms with E-state index in [2.05, 4.69) is 21.3 Å². The Labute approximate surface area is 173 Å². The molecule has 0 aliphatic rings. The van der Waals surface area contributed by atoms with Crippen LogP contribution in [-0.4, -0.2) is 60.6 Å². The van der Waals surface area contributed by atoms with Crippen molar-refractivity contribution in [2.45, 2.75) is 25.5 Å². The van der Waals surface area contributed by atoms with Crippen molar-refractivity contribution >= 4 is 29.8 Å². The fraction of sp³-hybridized carbons (Fsp3) is 0.389. The molecular weight excluding hydrogens is 396 g/mol. The number of benzene rings is 1. The monoisotopic (exact) mass is 422 g/mol. The zero-order valence-electron chi connectivity index (χ0n) is 16.3. The quantitative estimate of drug-likeness (QED) is 0.125. The largest absolute Gasteiger partial charge is 0.480 e. The van der Waals surface area contributed by atoms with E-state index in [0.29, 0.717) is 6.42 Å². The summed E-state index contributed by atoms with van der Waals surface area (Å²) in [5, 5.41) is 25.5. The fourth-order valence-corrected chi connectivity index (χ4v) is 2.20. The summed E-state index contributed by atoms with van der Waals surface area (Å²) in [6.45, 7) is -0.512. The third-order valence-electron chi connectivity index (χ3n) is 3.67. The van der Waals surface area contributed by atoms with Crippen molar-refractivity contribution in [2.24, 2.45) is 5.73 Å². The normalized spacial score (nSPS) is 10.9. The summed E-state index contributed by atoms with van der Waals surface area (Å²) in [7, 11) is 0. The lowest BCUT2D eigenvalue weighted by molar-refractivity contribution is -0.141. The molecular formula is C18H26N6O6. The van der Waals surface area contributed by atoms with Crippen LogP contribution >= 0.6 is 0 Å². The van der Waals surface area contributed by atoms with Gasteiger partial charge >= 0.3 is 12.1 Å². The fourth-order valence-electron chi connectivity index (χ4n) is 2.20. The Hall–Kier alpha value is -3.83. The number of hydrogen-bond acceptors (Lipinski definition) is 6. The molecule has 1 rings (SSSR count). The molecule has 0 bridgehead atoms. The van der Waals surface area contributed by atoms with Gasteiger partial charge in [0, 0.05) is 6.54 Å². The minimum absolute atomic E-state index is 0.0508. The Balaban J connectivity index is 2.23. The Morgan fingerprint density at radius 3 is 2.33 bits per heavy atom. The molecule has 0 saturated heterocycles. The minimum atomic E-state index is -1.22. The van der Waals surface area contributed by atoms with Crippen molar-refractivity contribution in [2.75, 3.05) is 19.6 Å². The summed E-state index contributed by atoms with van der Waals surface area (Å²) in [5.41, 5.74) is 5.91. The highest BCUT2D eigenvalue weighted by Crippen LogP contribution is 2.00. The third kappa shape index (κ3) is 11.1. The number of carbonyl (C=O) groups is 4. The van der Waals surface area contributed by atoms with Crippen LogP contribution in [-0.2, 0) is 25.7 Å². The number of hydrogen-bond donors (Lipinski definition) is 7. The molecule has 1 aromatic carbocycles. The highest BCUT2D eigenvalue weighted by Gasteiger charge is 2.19. The maximum Gasteiger partial charge on any atom is 0.407 e. The first-order valence-corrected chi connectivity index (χ1v) is 9.09. The zero-order chi connectivity index (χ0) is 22.4. The molecule has 0 radical (unpaired) electrons. The predicted octanol–water partition coefficient (Wildman–Crippen LogP) is -1.14. The number of carbonyl (C=O) groups excluding carboxylic acids is 3. The lowest BCUT2D eigenvalue weighted by Gasteiger charge is -2.15. The molecule has 1 unspecified atom stereocenters. The molecule has 30 heavy (non-hydrogen) atoms. The molecule has 3 amide bonds. The van der Waals surface area contributed by atoms with E-state index in [1.165, 1.54) is 0 Å². The molecule has 0 aliphatic heterocycles. The lowest BCUT2D eigenvalue weighted by Crippen LogP contribution is -2.47. The van der Waals surface area contributed by atoms with Gasteiger partial charge in [0.25, 0.3) is 0 Å². The molecule has 1 atom stereocenters. The van der Waals surface area contributed by atoms with Crippen LogP contribution in [0.3, 0.4) is 0 Å². The molecule has 0 aliphatic carbocycles. The van der Waals surface area contributed by atoms with E-state index in [-0.39, 0.29) is 25.5 Å². The Morgan fingerprint density at radius 1 is 1.03 bits per heavy atom. The Kier molecular flexibility index (Phi) is 10.8. The minimum Gasteiger partial charge on any atom is -0.480 e. The van der Waals surface area contributed by atoms with Gasteiger partial charge in [-0.3, -0.25) is 15.0 Å². The van der Waals surface area contributed by atoms with E-state index in [1.807, 2.05) is 6.07 Å². The number of rotatable bonds is 12. The van der Waals surface area contributed by atoms with E-state index in [1.54, 1.807) is 24.3 Å². The third-order valence-corrected chi connectivity index (χ3v) is 3.67. The molecule has 0 saturated carbocycles. The second kappa shape index (κ2) is 13.4. The number of nitrogens with one attached hydrogen (secondary N) is 5. The van der Waals surface area contributed by atoms with Crippen LogP contribution < -0.4 is 27.0 Å². The number of guanidine groups is 1. The summed E-state index contributed by atoms with van der Waals surface area (Å²) in [6, 6.07) is 7.84. The number of aliphatic carboxylic acids is 1. The number of carboxylic acids is 1. The molecule has 1 aromatic rings. The van der Waals surface area contributed by atoms with Crippen molar-refractivity contribution in [3.63, 3.8) is 0 Å². The van der Waals surface area contributed by atoms with Gasteiger partial charge in [0.2, 0.25) is 11.8 Å². The average Bonchev–Trinajstić information content (AvgIpc) is 2.71. The van der Waals surface area contributed by atoms with Crippen molar-refractivity contribution < 1.29 is 29.0 Å². The maximum absolute atomic E-state index is 11.8. The second-order valence-corrected chi connectivity index (χ2v) is 6.13. The summed E-state index contributed by atoms with van der Waals surface area (Å²) < 4.78 is 4.94.